The van der Waals surface area contributed by atoms with Crippen LogP contribution in [-0.4, -0.2) is 45.0 Å². The zero-order chi connectivity index (χ0) is 21.0. The zero-order valence-corrected chi connectivity index (χ0v) is 16.8. The average Bonchev–Trinajstić information content (AvgIpc) is 3.13. The highest BCUT2D eigenvalue weighted by Gasteiger charge is 2.19. The number of nitrogens with one attached hydrogen (secondary N) is 1. The van der Waals surface area contributed by atoms with Crippen LogP contribution in [0.1, 0.15) is 21.8 Å². The maximum atomic E-state index is 12.5. The molecule has 29 heavy (non-hydrogen) atoms. The Morgan fingerprint density at radius 3 is 2.41 bits per heavy atom. The van der Waals surface area contributed by atoms with Crippen molar-refractivity contribution in [2.75, 3.05) is 25.8 Å². The fourth-order valence-corrected chi connectivity index (χ4v) is 3.27. The Hall–Kier alpha value is -3.40. The van der Waals surface area contributed by atoms with Gasteiger partial charge in [0.15, 0.2) is 21.3 Å². The van der Waals surface area contributed by atoms with Crippen molar-refractivity contribution >= 4 is 21.8 Å². The lowest BCUT2D eigenvalue weighted by atomic mass is 10.1. The van der Waals surface area contributed by atoms with Gasteiger partial charge in [-0.1, -0.05) is 23.3 Å². The summed E-state index contributed by atoms with van der Waals surface area (Å²) in [4.78, 5) is 12.8. The van der Waals surface area contributed by atoms with Crippen LogP contribution in [0.15, 0.2) is 51.8 Å². The zero-order valence-electron chi connectivity index (χ0n) is 16.0. The van der Waals surface area contributed by atoms with Crippen molar-refractivity contribution in [1.29, 1.82) is 0 Å². The van der Waals surface area contributed by atoms with Gasteiger partial charge < -0.3 is 13.9 Å². The summed E-state index contributed by atoms with van der Waals surface area (Å²) in [6, 6.07) is 11.2. The Kier molecular flexibility index (Phi) is 5.83. The first kappa shape index (κ1) is 20.3. The van der Waals surface area contributed by atoms with E-state index in [2.05, 4.69) is 15.5 Å². The number of aromatic nitrogens is 2. The summed E-state index contributed by atoms with van der Waals surface area (Å²) in [5, 5.41) is 10.2. The van der Waals surface area contributed by atoms with E-state index < -0.39 is 15.7 Å². The third-order valence-electron chi connectivity index (χ3n) is 4.04. The van der Waals surface area contributed by atoms with Crippen LogP contribution in [0.25, 0.3) is 0 Å². The lowest BCUT2D eigenvalue weighted by Crippen LogP contribution is -2.13. The minimum absolute atomic E-state index is 0.0670. The van der Waals surface area contributed by atoms with Gasteiger partial charge in [0.1, 0.15) is 0 Å². The third kappa shape index (κ3) is 4.72. The molecule has 0 aliphatic rings. The maximum Gasteiger partial charge on any atom is 0.322 e. The molecule has 10 heteroatoms. The quantitative estimate of drug-likeness (QED) is 0.622. The number of benzene rings is 2. The van der Waals surface area contributed by atoms with Crippen LogP contribution in [0.4, 0.5) is 6.01 Å². The average molecular weight is 417 g/mol. The Morgan fingerprint density at radius 1 is 1.07 bits per heavy atom. The van der Waals surface area contributed by atoms with Crippen molar-refractivity contribution in [3.63, 3.8) is 0 Å². The van der Waals surface area contributed by atoms with Crippen LogP contribution < -0.4 is 14.8 Å². The predicted octanol–water partition coefficient (Wildman–Crippen LogP) is 2.33. The monoisotopic (exact) mass is 417 g/mol. The van der Waals surface area contributed by atoms with E-state index in [0.717, 1.165) is 11.8 Å². The van der Waals surface area contributed by atoms with Gasteiger partial charge in [-0.25, -0.2) is 8.42 Å². The highest BCUT2D eigenvalue weighted by atomic mass is 32.2. The van der Waals surface area contributed by atoms with Gasteiger partial charge in [-0.2, -0.15) is 0 Å². The minimum Gasteiger partial charge on any atom is -0.493 e. The molecule has 0 bridgehead atoms. The van der Waals surface area contributed by atoms with Crippen molar-refractivity contribution < 1.29 is 27.1 Å². The third-order valence-corrected chi connectivity index (χ3v) is 5.17. The second-order valence-electron chi connectivity index (χ2n) is 6.09. The maximum absolute atomic E-state index is 12.5. The van der Waals surface area contributed by atoms with Crippen molar-refractivity contribution in [2.24, 2.45) is 0 Å². The van der Waals surface area contributed by atoms with E-state index in [1.807, 2.05) is 0 Å². The Labute approximate surface area is 167 Å². The van der Waals surface area contributed by atoms with Crippen LogP contribution in [0.3, 0.4) is 0 Å². The first-order valence-electron chi connectivity index (χ1n) is 8.45. The van der Waals surface area contributed by atoms with Crippen LogP contribution in [-0.2, 0) is 16.3 Å². The van der Waals surface area contributed by atoms with Crippen LogP contribution >= 0.6 is 0 Å². The lowest BCUT2D eigenvalue weighted by molar-refractivity contribution is 0.102. The predicted molar refractivity (Wildman–Crippen MR) is 104 cm³/mol. The number of hydrogen-bond acceptors (Lipinski definition) is 8. The molecule has 3 rings (SSSR count). The van der Waals surface area contributed by atoms with Gasteiger partial charge in [-0.15, -0.1) is 5.10 Å². The van der Waals surface area contributed by atoms with Crippen molar-refractivity contribution in [1.82, 2.24) is 10.2 Å². The van der Waals surface area contributed by atoms with Crippen LogP contribution in [0, 0.1) is 0 Å². The summed E-state index contributed by atoms with van der Waals surface area (Å²) >= 11 is 0. The van der Waals surface area contributed by atoms with E-state index in [1.165, 1.54) is 26.4 Å². The van der Waals surface area contributed by atoms with Gasteiger partial charge in [0.05, 0.1) is 31.1 Å². The SMILES string of the molecule is COc1cccc(C(=O)Nc2nnc(Cc3ccc(S(C)(=O)=O)cc3)o2)c1OC. The number of hydrogen-bond donors (Lipinski definition) is 1. The number of para-hydroxylation sites is 1. The summed E-state index contributed by atoms with van der Waals surface area (Å²) in [7, 11) is -0.340. The van der Waals surface area contributed by atoms with Gasteiger partial charge in [-0.3, -0.25) is 10.1 Å². The molecule has 1 N–H and O–H groups in total. The fourth-order valence-electron chi connectivity index (χ4n) is 2.64. The smallest absolute Gasteiger partial charge is 0.322 e. The van der Waals surface area contributed by atoms with E-state index in [9.17, 15) is 13.2 Å². The van der Waals surface area contributed by atoms with Crippen molar-refractivity contribution in [2.45, 2.75) is 11.3 Å². The number of nitrogens with zero attached hydrogens (tertiary/aromatic N) is 2. The van der Waals surface area contributed by atoms with Crippen LogP contribution in [0.5, 0.6) is 11.5 Å². The number of carbonyl (C=O) groups is 1. The second-order valence-corrected chi connectivity index (χ2v) is 8.10. The number of sulfone groups is 1. The first-order valence-corrected chi connectivity index (χ1v) is 10.3. The normalized spacial score (nSPS) is 11.1. The minimum atomic E-state index is -3.26. The molecule has 0 atom stereocenters. The molecule has 0 saturated carbocycles. The molecule has 0 unspecified atom stereocenters. The Bertz CT molecular complexity index is 1120. The Balaban J connectivity index is 1.72. The van der Waals surface area contributed by atoms with Gasteiger partial charge in [0.2, 0.25) is 5.89 Å². The number of methoxy groups -OCH3 is 2. The summed E-state index contributed by atoms with van der Waals surface area (Å²) in [5.74, 6) is 0.487. The highest BCUT2D eigenvalue weighted by Crippen LogP contribution is 2.31. The topological polar surface area (TPSA) is 121 Å². The highest BCUT2D eigenvalue weighted by molar-refractivity contribution is 7.90. The summed E-state index contributed by atoms with van der Waals surface area (Å²) < 4.78 is 38.9. The van der Waals surface area contributed by atoms with Gasteiger partial charge >= 0.3 is 6.01 Å². The number of ether oxygens (including phenoxy) is 2. The molecule has 152 valence electrons. The van der Waals surface area contributed by atoms with Crippen LogP contribution in [0.2, 0.25) is 0 Å². The van der Waals surface area contributed by atoms with E-state index >= 15 is 0 Å². The summed E-state index contributed by atoms with van der Waals surface area (Å²) in [5.41, 5.74) is 1.04. The van der Waals surface area contributed by atoms with E-state index in [0.29, 0.717) is 11.5 Å². The van der Waals surface area contributed by atoms with Gasteiger partial charge in [-0.05, 0) is 29.8 Å². The molecule has 0 aliphatic heterocycles. The summed E-state index contributed by atoms with van der Waals surface area (Å²) in [6.07, 6.45) is 1.43. The van der Waals surface area contributed by atoms with E-state index in [-0.39, 0.29) is 28.8 Å². The number of rotatable bonds is 7. The largest absolute Gasteiger partial charge is 0.493 e. The molecule has 3 aromatic rings. The van der Waals surface area contributed by atoms with E-state index in [1.54, 1.807) is 30.3 Å². The Morgan fingerprint density at radius 2 is 1.79 bits per heavy atom. The molecule has 0 fully saturated rings. The summed E-state index contributed by atoms with van der Waals surface area (Å²) in [6.45, 7) is 0. The molecule has 1 amide bonds. The molecule has 0 radical (unpaired) electrons. The van der Waals surface area contributed by atoms with E-state index in [4.69, 9.17) is 13.9 Å². The molecule has 0 spiro atoms. The number of carbonyl (C=O) groups excluding carboxylic acids is 1. The molecular weight excluding hydrogens is 398 g/mol. The van der Waals surface area contributed by atoms with Gasteiger partial charge in [0, 0.05) is 6.26 Å². The molecule has 0 saturated heterocycles. The second kappa shape index (κ2) is 8.31. The first-order chi connectivity index (χ1) is 13.8. The number of anilines is 1. The molecule has 1 aromatic heterocycles. The lowest BCUT2D eigenvalue weighted by Gasteiger charge is -2.11. The molecule has 0 aliphatic carbocycles. The van der Waals surface area contributed by atoms with Crippen molar-refractivity contribution in [3.8, 4) is 11.5 Å². The standard InChI is InChI=1S/C19H19N3O6S/c1-26-15-6-4-5-14(17(15)27-2)18(23)20-19-22-21-16(28-19)11-12-7-9-13(10-8-12)29(3,24)25/h4-10H,11H2,1-3H3,(H,20,22,23). The fraction of sp³-hybridized carbons (Fsp3) is 0.211. The number of amides is 1. The molecule has 1 heterocycles. The molecule has 2 aromatic carbocycles. The molecular formula is C19H19N3O6S. The van der Waals surface area contributed by atoms with Gasteiger partial charge in [0.25, 0.3) is 5.91 Å². The molecule has 9 nitrogen and oxygen atoms in total. The van der Waals surface area contributed by atoms with Crippen molar-refractivity contribution in [3.05, 3.63) is 59.5 Å².